The minimum absolute atomic E-state index is 0.104. The lowest BCUT2D eigenvalue weighted by molar-refractivity contribution is 0.0558. The number of nitrogens with one attached hydrogen (secondary N) is 1. The fourth-order valence-corrected chi connectivity index (χ4v) is 4.90. The van der Waals surface area contributed by atoms with Gasteiger partial charge in [-0.2, -0.15) is 0 Å². The van der Waals surface area contributed by atoms with E-state index in [0.717, 1.165) is 4.31 Å². The lowest BCUT2D eigenvalue weighted by Gasteiger charge is -2.39. The molecule has 1 saturated heterocycles. The van der Waals surface area contributed by atoms with E-state index in [2.05, 4.69) is 10.3 Å². The van der Waals surface area contributed by atoms with Crippen molar-refractivity contribution in [2.24, 2.45) is 4.99 Å². The topological polar surface area (TPSA) is 97.3 Å². The van der Waals surface area contributed by atoms with E-state index in [1.807, 2.05) is 0 Å². The highest BCUT2D eigenvalue weighted by Gasteiger charge is 2.58. The number of aliphatic imine (C=N–C) groups is 1. The summed E-state index contributed by atoms with van der Waals surface area (Å²) < 4.78 is 52.0. The molecule has 27 heavy (non-hydrogen) atoms. The molecule has 2 aliphatic rings. The van der Waals surface area contributed by atoms with Gasteiger partial charge in [0.1, 0.15) is 22.2 Å². The molecule has 1 fully saturated rings. The predicted octanol–water partition coefficient (Wildman–Crippen LogP) is 1.58. The third-order valence-corrected chi connectivity index (χ3v) is 6.60. The molecule has 0 bridgehead atoms. The van der Waals surface area contributed by atoms with E-state index in [0.29, 0.717) is 0 Å². The number of carbonyl (C=O) groups excluding carboxylic acids is 1. The summed E-state index contributed by atoms with van der Waals surface area (Å²) in [5.74, 6) is -0.831. The molecule has 0 saturated carbocycles. The van der Waals surface area contributed by atoms with Crippen LogP contribution in [0.1, 0.15) is 26.3 Å². The van der Waals surface area contributed by atoms with Gasteiger partial charge in [-0.1, -0.05) is 18.2 Å². The van der Waals surface area contributed by atoms with E-state index in [4.69, 9.17) is 9.47 Å². The molecule has 2 heterocycles. The maximum atomic E-state index is 14.5. The van der Waals surface area contributed by atoms with Crippen molar-refractivity contribution in [3.8, 4) is 0 Å². The van der Waals surface area contributed by atoms with Crippen molar-refractivity contribution in [2.75, 3.05) is 20.3 Å². The van der Waals surface area contributed by atoms with Crippen LogP contribution in [0.4, 0.5) is 9.18 Å². The van der Waals surface area contributed by atoms with E-state index >= 15 is 0 Å². The summed E-state index contributed by atoms with van der Waals surface area (Å²) in [4.78, 5) is 16.6. The van der Waals surface area contributed by atoms with Gasteiger partial charge in [0, 0.05) is 12.6 Å². The minimum Gasteiger partial charge on any atom is -0.444 e. The van der Waals surface area contributed by atoms with Crippen LogP contribution >= 0.6 is 0 Å². The number of halogens is 1. The van der Waals surface area contributed by atoms with Crippen LogP contribution < -0.4 is 5.32 Å². The van der Waals surface area contributed by atoms with Crippen LogP contribution in [0.3, 0.4) is 0 Å². The number of guanidine groups is 1. The van der Waals surface area contributed by atoms with E-state index in [9.17, 15) is 17.6 Å². The first-order valence-corrected chi connectivity index (χ1v) is 9.88. The summed E-state index contributed by atoms with van der Waals surface area (Å²) >= 11 is 0. The fourth-order valence-electron chi connectivity index (χ4n) is 3.19. The molecule has 0 aliphatic carbocycles. The number of sulfonamides is 1. The first-order chi connectivity index (χ1) is 12.5. The quantitative estimate of drug-likeness (QED) is 0.773. The molecule has 1 amide bonds. The van der Waals surface area contributed by atoms with Gasteiger partial charge >= 0.3 is 6.09 Å². The maximum absolute atomic E-state index is 14.5. The van der Waals surface area contributed by atoms with Crippen LogP contribution in [0.2, 0.25) is 0 Å². The molecule has 0 radical (unpaired) electrons. The van der Waals surface area contributed by atoms with Crippen molar-refractivity contribution < 1.29 is 27.1 Å². The predicted molar refractivity (Wildman–Crippen MR) is 96.2 cm³/mol. The Kier molecular flexibility index (Phi) is 4.67. The number of amides is 1. The summed E-state index contributed by atoms with van der Waals surface area (Å²) in [6.07, 6.45) is -0.857. The van der Waals surface area contributed by atoms with E-state index in [1.165, 1.54) is 25.2 Å². The SMILES string of the molecule is CN1C(NC(=O)OC(C)(C)C)=NC2(c3ccccc3F)COCC2S1(=O)=O. The molecule has 1 aromatic rings. The number of fused-ring (bicyclic) bond motifs is 1. The number of ether oxygens (including phenoxy) is 2. The highest BCUT2D eigenvalue weighted by molar-refractivity contribution is 7.90. The Morgan fingerprint density at radius 1 is 1.41 bits per heavy atom. The van der Waals surface area contributed by atoms with Gasteiger partial charge in [0.2, 0.25) is 16.0 Å². The number of hydrogen-bond acceptors (Lipinski definition) is 6. The standard InChI is InChI=1S/C17H22FN3O5S/c1-16(2,3)26-15(22)19-14-20-17(11-7-5-6-8-12(11)18)10-25-9-13(17)27(23,24)21(14)4/h5-8,13H,9-10H2,1-4H3,(H,19,20,22). The lowest BCUT2D eigenvalue weighted by Crippen LogP contribution is -2.59. The van der Waals surface area contributed by atoms with Gasteiger partial charge in [0.25, 0.3) is 0 Å². The van der Waals surface area contributed by atoms with Crippen LogP contribution in [0, 0.1) is 5.82 Å². The lowest BCUT2D eigenvalue weighted by atomic mass is 9.89. The largest absolute Gasteiger partial charge is 0.444 e. The summed E-state index contributed by atoms with van der Waals surface area (Å²) in [6, 6.07) is 5.82. The first kappa shape index (κ1) is 19.6. The third-order valence-electron chi connectivity index (χ3n) is 4.42. The highest BCUT2D eigenvalue weighted by Crippen LogP contribution is 2.43. The molecule has 2 aliphatic heterocycles. The van der Waals surface area contributed by atoms with Crippen LogP contribution in [-0.2, 0) is 25.0 Å². The van der Waals surface area contributed by atoms with Crippen LogP contribution in [0.15, 0.2) is 29.3 Å². The smallest absolute Gasteiger partial charge is 0.414 e. The number of nitrogens with zero attached hydrogens (tertiary/aromatic N) is 2. The second-order valence-corrected chi connectivity index (χ2v) is 9.63. The number of carbonyl (C=O) groups is 1. The Morgan fingerprint density at radius 3 is 2.70 bits per heavy atom. The van der Waals surface area contributed by atoms with Crippen LogP contribution in [0.5, 0.6) is 0 Å². The van der Waals surface area contributed by atoms with Crippen molar-refractivity contribution in [3.63, 3.8) is 0 Å². The second-order valence-electron chi connectivity index (χ2n) is 7.48. The van der Waals surface area contributed by atoms with E-state index in [-0.39, 0.29) is 24.7 Å². The van der Waals surface area contributed by atoms with Gasteiger partial charge in [-0.3, -0.25) is 5.32 Å². The average Bonchev–Trinajstić information content (AvgIpc) is 2.97. The fraction of sp³-hybridized carbons (Fsp3) is 0.529. The van der Waals surface area contributed by atoms with Gasteiger partial charge in [0.15, 0.2) is 0 Å². The van der Waals surface area contributed by atoms with Crippen molar-refractivity contribution in [1.29, 1.82) is 0 Å². The minimum atomic E-state index is -3.96. The molecule has 1 aromatic carbocycles. The Hall–Kier alpha value is -2.20. The zero-order valence-corrected chi connectivity index (χ0v) is 16.3. The molecule has 10 heteroatoms. The Bertz CT molecular complexity index is 896. The molecule has 2 atom stereocenters. The Labute approximate surface area is 157 Å². The van der Waals surface area contributed by atoms with E-state index in [1.54, 1.807) is 26.8 Å². The van der Waals surface area contributed by atoms with Gasteiger partial charge in [-0.15, -0.1) is 0 Å². The molecule has 0 aromatic heterocycles. The molecular weight excluding hydrogens is 377 g/mol. The van der Waals surface area contributed by atoms with Crippen LogP contribution in [-0.4, -0.2) is 55.9 Å². The molecule has 1 N–H and O–H groups in total. The van der Waals surface area contributed by atoms with E-state index < -0.39 is 38.3 Å². The molecular formula is C17H22FN3O5S. The Balaban J connectivity index is 2.09. The molecule has 3 rings (SSSR count). The van der Waals surface area contributed by atoms with Gasteiger partial charge in [-0.25, -0.2) is 26.9 Å². The van der Waals surface area contributed by atoms with Gasteiger partial charge < -0.3 is 9.47 Å². The second kappa shape index (κ2) is 6.45. The monoisotopic (exact) mass is 399 g/mol. The summed E-state index contributed by atoms with van der Waals surface area (Å²) in [7, 11) is -2.69. The van der Waals surface area contributed by atoms with Crippen molar-refractivity contribution in [2.45, 2.75) is 37.2 Å². The molecule has 0 spiro atoms. The molecule has 8 nitrogen and oxygen atoms in total. The average molecular weight is 399 g/mol. The molecule has 2 unspecified atom stereocenters. The number of benzene rings is 1. The van der Waals surface area contributed by atoms with Crippen LogP contribution in [0.25, 0.3) is 0 Å². The van der Waals surface area contributed by atoms with Crippen molar-refractivity contribution in [3.05, 3.63) is 35.6 Å². The number of rotatable bonds is 1. The van der Waals surface area contributed by atoms with Crippen molar-refractivity contribution in [1.82, 2.24) is 9.62 Å². The Morgan fingerprint density at radius 2 is 2.07 bits per heavy atom. The summed E-state index contributed by atoms with van der Waals surface area (Å²) in [5, 5.41) is 1.26. The zero-order chi connectivity index (χ0) is 20.0. The van der Waals surface area contributed by atoms with Gasteiger partial charge in [-0.05, 0) is 26.8 Å². The highest BCUT2D eigenvalue weighted by atomic mass is 32.2. The first-order valence-electron chi connectivity index (χ1n) is 8.38. The number of hydrogen-bond donors (Lipinski definition) is 1. The molecule has 148 valence electrons. The summed E-state index contributed by atoms with van der Waals surface area (Å²) in [5.41, 5.74) is -2.16. The number of alkyl carbamates (subject to hydrolysis) is 1. The summed E-state index contributed by atoms with van der Waals surface area (Å²) in [6.45, 7) is 4.79. The zero-order valence-electron chi connectivity index (χ0n) is 15.5. The van der Waals surface area contributed by atoms with Gasteiger partial charge in [0.05, 0.1) is 13.2 Å². The third kappa shape index (κ3) is 3.39. The van der Waals surface area contributed by atoms with Crippen molar-refractivity contribution >= 4 is 22.1 Å². The maximum Gasteiger partial charge on any atom is 0.414 e. The normalized spacial score (nSPS) is 26.9.